The van der Waals surface area contributed by atoms with Crippen LogP contribution < -0.4 is 0 Å². The predicted octanol–water partition coefficient (Wildman–Crippen LogP) is 5.16. The highest BCUT2D eigenvalue weighted by Crippen LogP contribution is 2.35. The summed E-state index contributed by atoms with van der Waals surface area (Å²) < 4.78 is 0. The van der Waals surface area contributed by atoms with Crippen LogP contribution in [0.1, 0.15) is 46.8 Å². The quantitative estimate of drug-likeness (QED) is 0.467. The van der Waals surface area contributed by atoms with Crippen LogP contribution >= 0.6 is 0 Å². The number of Topliss-reactive ketones (excluding diaryl/α,β-unsaturated/α-hetero) is 2. The molecule has 0 saturated heterocycles. The van der Waals surface area contributed by atoms with E-state index < -0.39 is 4.92 Å². The first-order valence-electron chi connectivity index (χ1n) is 10.9. The number of allylic oxidation sites excluding steroid dienone is 2. The van der Waals surface area contributed by atoms with Gasteiger partial charge in [0.25, 0.3) is 5.69 Å². The lowest BCUT2D eigenvalue weighted by molar-refractivity contribution is -0.385. The van der Waals surface area contributed by atoms with Gasteiger partial charge >= 0.3 is 0 Å². The van der Waals surface area contributed by atoms with E-state index in [1.807, 2.05) is 31.3 Å². The number of benzene rings is 2. The molecule has 0 fully saturated rings. The molecule has 32 heavy (non-hydrogen) atoms. The highest BCUT2D eigenvalue weighted by atomic mass is 16.6. The fraction of sp³-hybridized carbons (Fsp3) is 0.308. The first kappa shape index (κ1) is 21.7. The lowest BCUT2D eigenvalue weighted by atomic mass is 9.76. The van der Waals surface area contributed by atoms with Crippen molar-refractivity contribution in [3.05, 3.63) is 98.9 Å². The number of nitrogens with zero attached hydrogens (tertiary/aromatic N) is 2. The molecule has 2 unspecified atom stereocenters. The molecule has 2 aromatic rings. The van der Waals surface area contributed by atoms with E-state index in [-0.39, 0.29) is 29.1 Å². The molecule has 164 valence electrons. The maximum absolute atomic E-state index is 13.1. The number of nitro groups is 1. The van der Waals surface area contributed by atoms with E-state index in [1.54, 1.807) is 29.3 Å². The number of carbonyl (C=O) groups excluding carboxylic acids is 2. The van der Waals surface area contributed by atoms with Crippen molar-refractivity contribution >= 4 is 17.3 Å². The molecule has 2 aliphatic rings. The van der Waals surface area contributed by atoms with Crippen LogP contribution in [0.2, 0.25) is 0 Å². The van der Waals surface area contributed by atoms with E-state index >= 15 is 0 Å². The summed E-state index contributed by atoms with van der Waals surface area (Å²) in [6, 6.07) is 12.6. The van der Waals surface area contributed by atoms with Crippen LogP contribution in [0.3, 0.4) is 0 Å². The Hall–Kier alpha value is -3.54. The smallest absolute Gasteiger partial charge is 0.274 e. The zero-order valence-electron chi connectivity index (χ0n) is 18.3. The lowest BCUT2D eigenvalue weighted by Crippen LogP contribution is -2.28. The number of para-hydroxylation sites is 1. The Bertz CT molecular complexity index is 1150. The second kappa shape index (κ2) is 8.91. The number of rotatable bonds is 6. The molecular weight excluding hydrogens is 404 g/mol. The highest BCUT2D eigenvalue weighted by molar-refractivity contribution is 6.00. The summed E-state index contributed by atoms with van der Waals surface area (Å²) in [5.74, 6) is -0.157. The average molecular weight is 431 g/mol. The van der Waals surface area contributed by atoms with Crippen molar-refractivity contribution in [2.45, 2.75) is 39.7 Å². The predicted molar refractivity (Wildman–Crippen MR) is 122 cm³/mol. The number of hydrogen-bond acceptors (Lipinski definition) is 5. The van der Waals surface area contributed by atoms with E-state index in [0.717, 1.165) is 29.5 Å². The third-order valence-electron chi connectivity index (χ3n) is 6.36. The second-order valence-corrected chi connectivity index (χ2v) is 8.64. The third-order valence-corrected chi connectivity index (χ3v) is 6.36. The minimum absolute atomic E-state index is 0.0498. The topological polar surface area (TPSA) is 80.5 Å². The molecule has 0 amide bonds. The van der Waals surface area contributed by atoms with Crippen LogP contribution in [-0.4, -0.2) is 21.4 Å². The van der Waals surface area contributed by atoms with Gasteiger partial charge in [-0.2, -0.15) is 0 Å². The first-order valence-corrected chi connectivity index (χ1v) is 10.9. The van der Waals surface area contributed by atoms with Crippen molar-refractivity contribution < 1.29 is 14.5 Å². The SMILES string of the molecule is CC(=O)C1=CN(Cc2ccccc2[N+](=O)[O-])C=CC1CC1CCc2cc(C)ccc2C1=O. The number of fused-ring (bicyclic) bond motifs is 1. The molecule has 0 saturated carbocycles. The largest absolute Gasteiger partial charge is 0.350 e. The summed E-state index contributed by atoms with van der Waals surface area (Å²) >= 11 is 0. The van der Waals surface area contributed by atoms with Gasteiger partial charge < -0.3 is 4.90 Å². The van der Waals surface area contributed by atoms with Crippen LogP contribution in [0.25, 0.3) is 0 Å². The van der Waals surface area contributed by atoms with Gasteiger partial charge in [0.2, 0.25) is 0 Å². The molecule has 0 N–H and O–H groups in total. The highest BCUT2D eigenvalue weighted by Gasteiger charge is 2.32. The van der Waals surface area contributed by atoms with Crippen molar-refractivity contribution in [2.24, 2.45) is 11.8 Å². The third kappa shape index (κ3) is 4.40. The van der Waals surface area contributed by atoms with Gasteiger partial charge in [-0.3, -0.25) is 19.7 Å². The molecule has 2 aromatic carbocycles. The Balaban J connectivity index is 1.51. The van der Waals surface area contributed by atoms with Gasteiger partial charge in [-0.25, -0.2) is 0 Å². The zero-order valence-corrected chi connectivity index (χ0v) is 18.3. The monoisotopic (exact) mass is 430 g/mol. The fourth-order valence-corrected chi connectivity index (χ4v) is 4.69. The van der Waals surface area contributed by atoms with Gasteiger partial charge in [0.15, 0.2) is 11.6 Å². The van der Waals surface area contributed by atoms with Crippen molar-refractivity contribution in [3.8, 4) is 0 Å². The molecule has 0 spiro atoms. The number of aryl methyl sites for hydroxylation is 2. The summed E-state index contributed by atoms with van der Waals surface area (Å²) in [6.45, 7) is 3.86. The molecule has 2 atom stereocenters. The van der Waals surface area contributed by atoms with Crippen LogP contribution in [0.5, 0.6) is 0 Å². The number of nitro benzene ring substituents is 1. The molecule has 0 aromatic heterocycles. The van der Waals surface area contributed by atoms with Crippen molar-refractivity contribution in [3.63, 3.8) is 0 Å². The zero-order chi connectivity index (χ0) is 22.8. The maximum Gasteiger partial charge on any atom is 0.274 e. The second-order valence-electron chi connectivity index (χ2n) is 8.64. The molecule has 1 aliphatic heterocycles. The summed E-state index contributed by atoms with van der Waals surface area (Å²) in [6.07, 6.45) is 7.82. The minimum Gasteiger partial charge on any atom is -0.350 e. The average Bonchev–Trinajstić information content (AvgIpc) is 2.76. The molecule has 0 bridgehead atoms. The van der Waals surface area contributed by atoms with Crippen molar-refractivity contribution in [2.75, 3.05) is 0 Å². The van der Waals surface area contributed by atoms with Gasteiger partial charge in [-0.05, 0) is 38.7 Å². The Kier molecular flexibility index (Phi) is 6.04. The lowest BCUT2D eigenvalue weighted by Gasteiger charge is -2.30. The summed E-state index contributed by atoms with van der Waals surface area (Å²) in [4.78, 5) is 38.2. The number of carbonyl (C=O) groups is 2. The van der Waals surface area contributed by atoms with E-state index in [2.05, 4.69) is 6.07 Å². The van der Waals surface area contributed by atoms with E-state index in [4.69, 9.17) is 0 Å². The Morgan fingerprint density at radius 3 is 2.75 bits per heavy atom. The molecule has 4 rings (SSSR count). The number of ketones is 2. The van der Waals surface area contributed by atoms with E-state index in [0.29, 0.717) is 24.1 Å². The Labute approximate surface area is 187 Å². The fourth-order valence-electron chi connectivity index (χ4n) is 4.69. The van der Waals surface area contributed by atoms with Gasteiger partial charge in [0, 0.05) is 47.0 Å². The van der Waals surface area contributed by atoms with Gasteiger partial charge in [-0.15, -0.1) is 0 Å². The summed E-state index contributed by atoms with van der Waals surface area (Å²) in [5.41, 5.74) is 4.34. The maximum atomic E-state index is 13.1. The van der Waals surface area contributed by atoms with Crippen LogP contribution in [0.15, 0.2) is 66.5 Å². The summed E-state index contributed by atoms with van der Waals surface area (Å²) in [5, 5.41) is 11.3. The number of hydrogen-bond donors (Lipinski definition) is 0. The Morgan fingerprint density at radius 2 is 2.00 bits per heavy atom. The van der Waals surface area contributed by atoms with Crippen LogP contribution in [-0.2, 0) is 17.8 Å². The van der Waals surface area contributed by atoms with Crippen LogP contribution in [0, 0.1) is 28.9 Å². The van der Waals surface area contributed by atoms with Crippen molar-refractivity contribution in [1.29, 1.82) is 0 Å². The van der Waals surface area contributed by atoms with Crippen LogP contribution in [0.4, 0.5) is 5.69 Å². The summed E-state index contributed by atoms with van der Waals surface area (Å²) in [7, 11) is 0. The Morgan fingerprint density at radius 1 is 1.22 bits per heavy atom. The molecule has 6 nitrogen and oxygen atoms in total. The minimum atomic E-state index is -0.393. The molecule has 1 heterocycles. The van der Waals surface area contributed by atoms with Gasteiger partial charge in [0.1, 0.15) is 0 Å². The van der Waals surface area contributed by atoms with Gasteiger partial charge in [-0.1, -0.05) is 48.0 Å². The van der Waals surface area contributed by atoms with Gasteiger partial charge in [0.05, 0.1) is 11.5 Å². The van der Waals surface area contributed by atoms with Crippen molar-refractivity contribution in [1.82, 2.24) is 4.90 Å². The normalized spacial score (nSPS) is 20.0. The van der Waals surface area contributed by atoms with E-state index in [9.17, 15) is 19.7 Å². The molecule has 0 radical (unpaired) electrons. The van der Waals surface area contributed by atoms with E-state index in [1.165, 1.54) is 13.0 Å². The first-order chi connectivity index (χ1) is 15.3. The molecule has 1 aliphatic carbocycles. The standard InChI is InChI=1S/C26H26N2O4/c1-17-7-10-23-19(13-17)8-9-21(26(23)30)14-20-11-12-27(16-24(20)18(2)29)15-22-5-3-4-6-25(22)28(31)32/h3-7,10-13,16,20-21H,8-9,14-15H2,1-2H3. The molecular formula is C26H26N2O4. The molecule has 6 heteroatoms.